The molecule has 1 aliphatic carbocycles. The first kappa shape index (κ1) is 14.4. The maximum Gasteiger partial charge on any atom is 0.229 e. The lowest BCUT2D eigenvalue weighted by Gasteiger charge is -2.30. The highest BCUT2D eigenvalue weighted by atomic mass is 35.5. The summed E-state index contributed by atoms with van der Waals surface area (Å²) in [6.07, 6.45) is 3.14. The molecular formula is C13H22Cl2N2O. The van der Waals surface area contributed by atoms with Crippen LogP contribution in [0.2, 0.25) is 0 Å². The van der Waals surface area contributed by atoms with Crippen LogP contribution in [0, 0.1) is 11.3 Å². The Morgan fingerprint density at radius 1 is 1.50 bits per heavy atom. The Morgan fingerprint density at radius 2 is 2.17 bits per heavy atom. The highest BCUT2D eigenvalue weighted by Gasteiger charge is 2.67. The molecule has 2 fully saturated rings. The normalized spacial score (nSPS) is 35.2. The first-order valence-corrected chi connectivity index (χ1v) is 7.49. The number of nitrogens with one attached hydrogen (secondary N) is 1. The molecule has 3 nitrogen and oxygen atoms in total. The van der Waals surface area contributed by atoms with Gasteiger partial charge in [-0.15, -0.1) is 23.2 Å². The number of amides is 1. The van der Waals surface area contributed by atoms with Gasteiger partial charge in [-0.2, -0.15) is 0 Å². The van der Waals surface area contributed by atoms with Crippen LogP contribution in [0.15, 0.2) is 0 Å². The molecule has 0 spiro atoms. The largest absolute Gasteiger partial charge is 0.354 e. The molecule has 104 valence electrons. The molecule has 0 bridgehead atoms. The van der Waals surface area contributed by atoms with Gasteiger partial charge in [-0.25, -0.2) is 0 Å². The predicted octanol–water partition coefficient (Wildman–Crippen LogP) is 2.42. The van der Waals surface area contributed by atoms with Gasteiger partial charge in [0.2, 0.25) is 5.91 Å². The van der Waals surface area contributed by atoms with Crippen molar-refractivity contribution < 1.29 is 4.79 Å². The van der Waals surface area contributed by atoms with Crippen molar-refractivity contribution in [2.24, 2.45) is 11.3 Å². The lowest BCUT2D eigenvalue weighted by molar-refractivity contribution is -0.125. The number of halogens is 2. The molecule has 2 atom stereocenters. The quantitative estimate of drug-likeness (QED) is 0.807. The van der Waals surface area contributed by atoms with Crippen molar-refractivity contribution in [1.82, 2.24) is 10.2 Å². The average Bonchev–Trinajstić information content (AvgIpc) is 2.79. The molecule has 0 unspecified atom stereocenters. The van der Waals surface area contributed by atoms with E-state index < -0.39 is 9.75 Å². The van der Waals surface area contributed by atoms with Gasteiger partial charge in [0, 0.05) is 19.6 Å². The van der Waals surface area contributed by atoms with Crippen LogP contribution in [0.4, 0.5) is 0 Å². The fraction of sp³-hybridized carbons (Fsp3) is 0.923. The summed E-state index contributed by atoms with van der Waals surface area (Å²) in [5.74, 6) is 0.756. The minimum Gasteiger partial charge on any atom is -0.354 e. The molecule has 2 rings (SSSR count). The molecule has 1 saturated carbocycles. The highest BCUT2D eigenvalue weighted by molar-refractivity contribution is 6.53. The van der Waals surface area contributed by atoms with Crippen LogP contribution in [-0.4, -0.2) is 41.3 Å². The average molecular weight is 293 g/mol. The zero-order valence-electron chi connectivity index (χ0n) is 11.1. The molecular weight excluding hydrogens is 271 g/mol. The Kier molecular flexibility index (Phi) is 4.15. The number of rotatable bonds is 4. The van der Waals surface area contributed by atoms with E-state index in [9.17, 15) is 4.79 Å². The summed E-state index contributed by atoms with van der Waals surface area (Å²) in [4.78, 5) is 14.4. The van der Waals surface area contributed by atoms with Gasteiger partial charge in [0.25, 0.3) is 0 Å². The van der Waals surface area contributed by atoms with Crippen molar-refractivity contribution in [3.8, 4) is 0 Å². The minimum absolute atomic E-state index is 0.0162. The van der Waals surface area contributed by atoms with Crippen molar-refractivity contribution in [3.63, 3.8) is 0 Å². The van der Waals surface area contributed by atoms with Crippen molar-refractivity contribution in [2.45, 2.75) is 37.4 Å². The van der Waals surface area contributed by atoms with Crippen LogP contribution in [0.1, 0.15) is 33.1 Å². The summed E-state index contributed by atoms with van der Waals surface area (Å²) in [6.45, 7) is 8.00. The van der Waals surface area contributed by atoms with Gasteiger partial charge in [-0.05, 0) is 38.6 Å². The Balaban J connectivity index is 1.68. The lowest BCUT2D eigenvalue weighted by atomic mass is 10.0. The van der Waals surface area contributed by atoms with E-state index in [1.165, 1.54) is 12.8 Å². The maximum atomic E-state index is 12.0. The van der Waals surface area contributed by atoms with Crippen molar-refractivity contribution in [1.29, 1.82) is 0 Å². The van der Waals surface area contributed by atoms with Gasteiger partial charge in [-0.1, -0.05) is 6.92 Å². The summed E-state index contributed by atoms with van der Waals surface area (Å²) in [7, 11) is 0. The number of nitrogens with zero attached hydrogens (tertiary/aromatic N) is 1. The smallest absolute Gasteiger partial charge is 0.229 e. The van der Waals surface area contributed by atoms with Crippen LogP contribution in [0.25, 0.3) is 0 Å². The van der Waals surface area contributed by atoms with E-state index in [0.29, 0.717) is 13.0 Å². The zero-order chi connectivity index (χ0) is 13.4. The van der Waals surface area contributed by atoms with E-state index in [1.807, 2.05) is 6.92 Å². The van der Waals surface area contributed by atoms with Crippen molar-refractivity contribution in [3.05, 3.63) is 0 Å². The summed E-state index contributed by atoms with van der Waals surface area (Å²) in [6, 6.07) is 0. The van der Waals surface area contributed by atoms with Crippen LogP contribution >= 0.6 is 23.2 Å². The fourth-order valence-corrected chi connectivity index (χ4v) is 3.36. The second-order valence-corrected chi connectivity index (χ2v) is 7.50. The minimum atomic E-state index is -0.864. The standard InChI is InChI=1S/C13H22Cl2N2O/c1-10-4-3-6-17(8-10)7-5-16-11(18)12(2)9-13(12,14)15/h10H,3-9H2,1-2H3,(H,16,18)/t10-,12-/m0/s1. The first-order valence-electron chi connectivity index (χ1n) is 6.74. The van der Waals surface area contributed by atoms with E-state index in [1.54, 1.807) is 0 Å². The number of likely N-dealkylation sites (tertiary alicyclic amines) is 1. The summed E-state index contributed by atoms with van der Waals surface area (Å²) >= 11 is 12.0. The first-order chi connectivity index (χ1) is 8.35. The molecule has 5 heteroatoms. The molecule has 1 amide bonds. The molecule has 18 heavy (non-hydrogen) atoms. The third kappa shape index (κ3) is 2.94. The van der Waals surface area contributed by atoms with E-state index in [-0.39, 0.29) is 5.91 Å². The summed E-state index contributed by atoms with van der Waals surface area (Å²) < 4.78 is -0.864. The molecule has 2 aliphatic rings. The topological polar surface area (TPSA) is 32.3 Å². The van der Waals surface area contributed by atoms with Crippen LogP contribution in [0.5, 0.6) is 0 Å². The second kappa shape index (κ2) is 5.18. The van der Waals surface area contributed by atoms with Gasteiger partial charge in [0.15, 0.2) is 0 Å². The molecule has 0 radical (unpaired) electrons. The fourth-order valence-electron chi connectivity index (χ4n) is 2.66. The third-order valence-electron chi connectivity index (χ3n) is 4.21. The second-order valence-electron chi connectivity index (χ2n) is 6.02. The van der Waals surface area contributed by atoms with Crippen molar-refractivity contribution >= 4 is 29.1 Å². The maximum absolute atomic E-state index is 12.0. The van der Waals surface area contributed by atoms with Crippen LogP contribution in [-0.2, 0) is 4.79 Å². The molecule has 1 heterocycles. The van der Waals surface area contributed by atoms with E-state index in [4.69, 9.17) is 23.2 Å². The highest BCUT2D eigenvalue weighted by Crippen LogP contribution is 2.63. The Morgan fingerprint density at radius 3 is 2.72 bits per heavy atom. The van der Waals surface area contributed by atoms with Gasteiger partial charge in [0.05, 0.1) is 5.41 Å². The van der Waals surface area contributed by atoms with Crippen LogP contribution < -0.4 is 5.32 Å². The van der Waals surface area contributed by atoms with E-state index in [2.05, 4.69) is 17.1 Å². The summed E-state index contributed by atoms with van der Waals surface area (Å²) in [5, 5.41) is 2.95. The van der Waals surface area contributed by atoms with Crippen LogP contribution in [0.3, 0.4) is 0 Å². The molecule has 1 N–H and O–H groups in total. The number of alkyl halides is 2. The molecule has 0 aromatic carbocycles. The molecule has 0 aromatic heterocycles. The van der Waals surface area contributed by atoms with Crippen molar-refractivity contribution in [2.75, 3.05) is 26.2 Å². The zero-order valence-corrected chi connectivity index (χ0v) is 12.7. The van der Waals surface area contributed by atoms with Gasteiger partial charge >= 0.3 is 0 Å². The van der Waals surface area contributed by atoms with E-state index >= 15 is 0 Å². The number of carbonyl (C=O) groups is 1. The van der Waals surface area contributed by atoms with Gasteiger partial charge < -0.3 is 10.2 Å². The van der Waals surface area contributed by atoms with E-state index in [0.717, 1.165) is 25.6 Å². The number of hydrogen-bond acceptors (Lipinski definition) is 2. The number of carbonyl (C=O) groups excluding carboxylic acids is 1. The monoisotopic (exact) mass is 292 g/mol. The van der Waals surface area contributed by atoms with Gasteiger partial charge in [-0.3, -0.25) is 4.79 Å². The Bertz CT molecular complexity index is 335. The molecule has 0 aromatic rings. The molecule has 1 saturated heterocycles. The lowest BCUT2D eigenvalue weighted by Crippen LogP contribution is -2.42. The SMILES string of the molecule is C[C@H]1CCCN(CCNC(=O)[C@]2(C)CC2(Cl)Cl)C1. The summed E-state index contributed by atoms with van der Waals surface area (Å²) in [5.41, 5.74) is -0.592. The van der Waals surface area contributed by atoms with Gasteiger partial charge in [0.1, 0.15) is 4.33 Å². The Labute approximate surface area is 119 Å². The Hall–Kier alpha value is 0.01000. The molecule has 1 aliphatic heterocycles. The number of hydrogen-bond donors (Lipinski definition) is 1. The third-order valence-corrected chi connectivity index (χ3v) is 5.32. The number of piperidine rings is 1. The predicted molar refractivity (Wildman–Crippen MR) is 75.0 cm³/mol.